The minimum absolute atomic E-state index is 0.295. The molecule has 0 aliphatic carbocycles. The van der Waals surface area contributed by atoms with Gasteiger partial charge in [0, 0.05) is 7.05 Å². The van der Waals surface area contributed by atoms with E-state index in [9.17, 15) is 20.1 Å². The van der Waals surface area contributed by atoms with Gasteiger partial charge in [-0.25, -0.2) is 0 Å². The lowest BCUT2D eigenvalue weighted by atomic mass is 10.1. The first-order chi connectivity index (χ1) is 10.6. The molecule has 0 aromatic heterocycles. The van der Waals surface area contributed by atoms with Crippen molar-refractivity contribution in [2.24, 2.45) is 0 Å². The Kier molecular flexibility index (Phi) is 5.90. The van der Waals surface area contributed by atoms with Crippen LogP contribution in [0, 0.1) is 0 Å². The third-order valence-corrected chi connectivity index (χ3v) is 4.28. The van der Waals surface area contributed by atoms with Gasteiger partial charge >= 0.3 is 0 Å². The van der Waals surface area contributed by atoms with Crippen LogP contribution in [0.1, 0.15) is 12.0 Å². The second-order valence-corrected chi connectivity index (χ2v) is 5.62. The molecule has 1 aliphatic rings. The van der Waals surface area contributed by atoms with Crippen LogP contribution in [0.2, 0.25) is 0 Å². The van der Waals surface area contributed by atoms with E-state index in [0.29, 0.717) is 6.54 Å². The van der Waals surface area contributed by atoms with Crippen molar-refractivity contribution in [1.82, 2.24) is 10.2 Å². The zero-order valence-electron chi connectivity index (χ0n) is 12.7. The normalized spacial score (nSPS) is 28.7. The lowest BCUT2D eigenvalue weighted by Crippen LogP contribution is -2.49. The first-order valence-electron chi connectivity index (χ1n) is 7.58. The second kappa shape index (κ2) is 7.69. The number of nitrogens with one attached hydrogen (secondary N) is 1. The summed E-state index contributed by atoms with van der Waals surface area (Å²) in [5, 5.41) is 32.1. The average molecular weight is 308 g/mol. The predicted octanol–water partition coefficient (Wildman–Crippen LogP) is -0.868. The number of hydrogen-bond acceptors (Lipinski definition) is 5. The van der Waals surface area contributed by atoms with E-state index in [1.165, 1.54) is 12.6 Å². The smallest absolute Gasteiger partial charge is 0.239 e. The maximum atomic E-state index is 12.0. The summed E-state index contributed by atoms with van der Waals surface area (Å²) in [6.45, 7) is 0.226. The molecule has 1 heterocycles. The molecule has 22 heavy (non-hydrogen) atoms. The highest BCUT2D eigenvalue weighted by Crippen LogP contribution is 2.26. The number of aliphatic hydroxyl groups excluding tert-OH is 3. The van der Waals surface area contributed by atoms with E-state index >= 15 is 0 Å². The molecule has 1 aromatic carbocycles. The zero-order valence-corrected chi connectivity index (χ0v) is 12.7. The van der Waals surface area contributed by atoms with Gasteiger partial charge in [-0.1, -0.05) is 30.3 Å². The summed E-state index contributed by atoms with van der Waals surface area (Å²) < 4.78 is 0. The number of likely N-dealkylation sites (tertiary alicyclic amines) is 1. The number of rotatable bonds is 6. The maximum Gasteiger partial charge on any atom is 0.239 e. The highest BCUT2D eigenvalue weighted by Gasteiger charge is 2.49. The van der Waals surface area contributed by atoms with E-state index in [1.807, 2.05) is 30.3 Å². The van der Waals surface area contributed by atoms with Gasteiger partial charge in [-0.3, -0.25) is 9.69 Å². The molecule has 0 spiro atoms. The molecule has 1 amide bonds. The van der Waals surface area contributed by atoms with Gasteiger partial charge in [0.15, 0.2) is 0 Å². The maximum absolute atomic E-state index is 12.0. The van der Waals surface area contributed by atoms with Gasteiger partial charge in [0.2, 0.25) is 5.91 Å². The Bertz CT molecular complexity index is 482. The van der Waals surface area contributed by atoms with E-state index < -0.39 is 24.3 Å². The summed E-state index contributed by atoms with van der Waals surface area (Å²) in [5.74, 6) is -0.345. The highest BCUT2D eigenvalue weighted by molar-refractivity contribution is 5.82. The molecule has 6 nitrogen and oxygen atoms in total. The minimum Gasteiger partial charge on any atom is -0.395 e. The number of likely N-dealkylation sites (N-methyl/N-ethyl adjacent to an activating group) is 1. The van der Waals surface area contributed by atoms with E-state index in [1.54, 1.807) is 4.90 Å². The molecule has 2 rings (SSSR count). The van der Waals surface area contributed by atoms with E-state index in [-0.39, 0.29) is 12.5 Å². The van der Waals surface area contributed by atoms with Crippen molar-refractivity contribution < 1.29 is 20.1 Å². The lowest BCUT2D eigenvalue weighted by Gasteiger charge is -2.28. The standard InChI is InChI=1S/C16H24N2O4/c1-17-16(22)13-15(21)14(20)12(10-19)18(13)9-5-8-11-6-3-2-4-7-11/h2-4,6-7,12-15,19-21H,5,8-10H2,1H3,(H,17,22)/t12-,13+,14-,15+/m1/s1. The van der Waals surface area contributed by atoms with Crippen LogP contribution in [0.15, 0.2) is 30.3 Å². The number of amides is 1. The van der Waals surface area contributed by atoms with Gasteiger partial charge in [0.25, 0.3) is 0 Å². The number of aryl methyl sites for hydroxylation is 1. The van der Waals surface area contributed by atoms with E-state index in [2.05, 4.69) is 5.32 Å². The van der Waals surface area contributed by atoms with Crippen LogP contribution >= 0.6 is 0 Å². The molecule has 1 saturated heterocycles. The minimum atomic E-state index is -1.19. The topological polar surface area (TPSA) is 93.0 Å². The summed E-state index contributed by atoms with van der Waals surface area (Å²) in [4.78, 5) is 13.7. The Morgan fingerprint density at radius 2 is 1.91 bits per heavy atom. The summed E-state index contributed by atoms with van der Waals surface area (Å²) in [7, 11) is 1.50. The van der Waals surface area contributed by atoms with Crippen LogP contribution in [0.5, 0.6) is 0 Å². The van der Waals surface area contributed by atoms with E-state index in [0.717, 1.165) is 12.8 Å². The van der Waals surface area contributed by atoms with Crippen molar-refractivity contribution in [3.8, 4) is 0 Å². The van der Waals surface area contributed by atoms with Crippen LogP contribution < -0.4 is 5.32 Å². The molecule has 0 unspecified atom stereocenters. The Labute approximate surface area is 130 Å². The molecule has 122 valence electrons. The van der Waals surface area contributed by atoms with Crippen LogP contribution in [0.4, 0.5) is 0 Å². The largest absolute Gasteiger partial charge is 0.395 e. The molecule has 0 bridgehead atoms. The van der Waals surface area contributed by atoms with Gasteiger partial charge in [0.05, 0.1) is 18.8 Å². The average Bonchev–Trinajstić information content (AvgIpc) is 2.78. The molecule has 0 saturated carbocycles. The van der Waals surface area contributed by atoms with Crippen molar-refractivity contribution in [3.63, 3.8) is 0 Å². The highest BCUT2D eigenvalue weighted by atomic mass is 16.3. The number of benzene rings is 1. The molecule has 4 atom stereocenters. The molecule has 0 radical (unpaired) electrons. The van der Waals surface area contributed by atoms with Gasteiger partial charge < -0.3 is 20.6 Å². The molecule has 6 heteroatoms. The van der Waals surface area contributed by atoms with Gasteiger partial charge in [-0.05, 0) is 24.9 Å². The van der Waals surface area contributed by atoms with Crippen molar-refractivity contribution in [1.29, 1.82) is 0 Å². The lowest BCUT2D eigenvalue weighted by molar-refractivity contribution is -0.128. The molecular formula is C16H24N2O4. The van der Waals surface area contributed by atoms with Crippen LogP contribution in [-0.2, 0) is 11.2 Å². The zero-order chi connectivity index (χ0) is 16.1. The first kappa shape index (κ1) is 16.9. The van der Waals surface area contributed by atoms with Gasteiger partial charge in [-0.15, -0.1) is 0 Å². The summed E-state index contributed by atoms with van der Waals surface area (Å²) >= 11 is 0. The number of nitrogens with zero attached hydrogens (tertiary/aromatic N) is 1. The number of carbonyl (C=O) groups is 1. The molecule has 1 aromatic rings. The van der Waals surface area contributed by atoms with Crippen LogP contribution in [-0.4, -0.2) is 70.6 Å². The van der Waals surface area contributed by atoms with Gasteiger partial charge in [0.1, 0.15) is 12.1 Å². The summed E-state index contributed by atoms with van der Waals surface area (Å²) in [5.41, 5.74) is 1.19. The van der Waals surface area contributed by atoms with Crippen molar-refractivity contribution in [3.05, 3.63) is 35.9 Å². The van der Waals surface area contributed by atoms with Crippen molar-refractivity contribution in [2.75, 3.05) is 20.2 Å². The quantitative estimate of drug-likeness (QED) is 0.548. The van der Waals surface area contributed by atoms with Crippen molar-refractivity contribution >= 4 is 5.91 Å². The number of carbonyl (C=O) groups excluding carboxylic acids is 1. The second-order valence-electron chi connectivity index (χ2n) is 5.62. The summed E-state index contributed by atoms with van der Waals surface area (Å²) in [6.07, 6.45) is -0.701. The van der Waals surface area contributed by atoms with Crippen LogP contribution in [0.25, 0.3) is 0 Å². The fourth-order valence-corrected chi connectivity index (χ4v) is 3.09. The molecular weight excluding hydrogens is 284 g/mol. The van der Waals surface area contributed by atoms with Crippen molar-refractivity contribution in [2.45, 2.75) is 37.1 Å². The molecule has 1 aliphatic heterocycles. The van der Waals surface area contributed by atoms with E-state index in [4.69, 9.17) is 0 Å². The number of aliphatic hydroxyl groups is 3. The first-order valence-corrected chi connectivity index (χ1v) is 7.58. The Morgan fingerprint density at radius 3 is 2.50 bits per heavy atom. The summed E-state index contributed by atoms with van der Waals surface area (Å²) in [6, 6.07) is 8.53. The number of hydrogen-bond donors (Lipinski definition) is 4. The van der Waals surface area contributed by atoms with Gasteiger partial charge in [-0.2, -0.15) is 0 Å². The predicted molar refractivity (Wildman–Crippen MR) is 82.2 cm³/mol. The fourth-order valence-electron chi connectivity index (χ4n) is 3.09. The molecule has 1 fully saturated rings. The third kappa shape index (κ3) is 3.47. The molecule has 4 N–H and O–H groups in total. The fraction of sp³-hybridized carbons (Fsp3) is 0.562. The third-order valence-electron chi connectivity index (χ3n) is 4.28. The van der Waals surface area contributed by atoms with Crippen LogP contribution in [0.3, 0.4) is 0 Å². The SMILES string of the molecule is CNC(=O)[C@@H]1[C@H](O)[C@H](O)[C@@H](CO)N1CCCc1ccccc1. The Hall–Kier alpha value is -1.47. The monoisotopic (exact) mass is 308 g/mol. The Morgan fingerprint density at radius 1 is 1.23 bits per heavy atom. The Balaban J connectivity index is 2.02.